The predicted molar refractivity (Wildman–Crippen MR) is 148 cm³/mol. The lowest BCUT2D eigenvalue weighted by Gasteiger charge is -2.18. The molecular weight excluding hydrogens is 480 g/mol. The average molecular weight is 509 g/mol. The van der Waals surface area contributed by atoms with E-state index in [1.165, 1.54) is 0 Å². The largest absolute Gasteiger partial charge is 0.485 e. The van der Waals surface area contributed by atoms with Gasteiger partial charge in [0.2, 0.25) is 0 Å². The van der Waals surface area contributed by atoms with Gasteiger partial charge in [0.15, 0.2) is 5.96 Å². The van der Waals surface area contributed by atoms with Gasteiger partial charge in [-0.15, -0.1) is 0 Å². The number of rotatable bonds is 10. The summed E-state index contributed by atoms with van der Waals surface area (Å²) in [5, 5.41) is 26.2. The lowest BCUT2D eigenvalue weighted by atomic mass is 10.1. The van der Waals surface area contributed by atoms with E-state index in [4.69, 9.17) is 10.1 Å². The summed E-state index contributed by atoms with van der Waals surface area (Å²) in [7, 11) is 0. The molecule has 1 atom stereocenters. The van der Waals surface area contributed by atoms with E-state index < -0.39 is 12.1 Å². The van der Waals surface area contributed by atoms with Crippen molar-refractivity contribution in [2.75, 3.05) is 10.6 Å². The van der Waals surface area contributed by atoms with E-state index in [-0.39, 0.29) is 18.3 Å². The number of carboxylic acids is 1. The van der Waals surface area contributed by atoms with Crippen molar-refractivity contribution in [2.45, 2.75) is 19.1 Å². The van der Waals surface area contributed by atoms with Gasteiger partial charge in [-0.25, -0.2) is 0 Å². The highest BCUT2D eigenvalue weighted by Gasteiger charge is 2.17. The Labute approximate surface area is 220 Å². The van der Waals surface area contributed by atoms with Crippen molar-refractivity contribution in [3.8, 4) is 5.75 Å². The molecule has 8 heteroatoms. The van der Waals surface area contributed by atoms with Crippen LogP contribution in [0.1, 0.15) is 34.0 Å². The predicted octanol–water partition coefficient (Wildman–Crippen LogP) is 5.67. The molecule has 0 fully saturated rings. The summed E-state index contributed by atoms with van der Waals surface area (Å²) in [6.45, 7) is 0.509. The molecule has 5 N–H and O–H groups in total. The van der Waals surface area contributed by atoms with Crippen LogP contribution in [0.5, 0.6) is 5.75 Å². The van der Waals surface area contributed by atoms with Gasteiger partial charge in [0.25, 0.3) is 5.91 Å². The second-order valence-electron chi connectivity index (χ2n) is 8.51. The van der Waals surface area contributed by atoms with E-state index in [1.54, 1.807) is 48.5 Å². The zero-order valence-electron chi connectivity index (χ0n) is 20.6. The molecule has 38 heavy (non-hydrogen) atoms. The lowest BCUT2D eigenvalue weighted by Crippen LogP contribution is -2.29. The van der Waals surface area contributed by atoms with Crippen LogP contribution in [0.15, 0.2) is 109 Å². The Morgan fingerprint density at radius 2 is 1.47 bits per heavy atom. The van der Waals surface area contributed by atoms with E-state index in [2.05, 4.69) is 16.0 Å². The first-order valence-electron chi connectivity index (χ1n) is 12.0. The second kappa shape index (κ2) is 12.7. The number of benzene rings is 4. The van der Waals surface area contributed by atoms with Gasteiger partial charge in [0.1, 0.15) is 11.9 Å². The molecule has 1 unspecified atom stereocenters. The Kier molecular flexibility index (Phi) is 8.70. The molecular formula is C30H28N4O4. The quantitative estimate of drug-likeness (QED) is 0.139. The first kappa shape index (κ1) is 26.0. The summed E-state index contributed by atoms with van der Waals surface area (Å²) >= 11 is 0. The smallest absolute Gasteiger partial charge is 0.307 e. The standard InChI is InChI=1S/C30H28N4O4/c31-30(32-20-21-8-3-1-4-9-21)34-25-13-7-12-23(18-25)29(37)33-24-14-16-26(17-15-24)38-27(19-28(35)36)22-10-5-2-6-11-22/h1-18,27H,19-20H2,(H,33,37)(H,35,36)(H3,31,32,34). The van der Waals surface area contributed by atoms with Crippen molar-refractivity contribution in [1.29, 1.82) is 5.41 Å². The average Bonchev–Trinajstić information content (AvgIpc) is 2.93. The monoisotopic (exact) mass is 508 g/mol. The van der Waals surface area contributed by atoms with Gasteiger partial charge in [0.05, 0.1) is 6.42 Å². The highest BCUT2D eigenvalue weighted by Crippen LogP contribution is 2.26. The minimum absolute atomic E-state index is 0.124. The van der Waals surface area contributed by atoms with E-state index in [0.29, 0.717) is 29.2 Å². The fraction of sp³-hybridized carbons (Fsp3) is 0.100. The molecule has 0 aliphatic carbocycles. The Bertz CT molecular complexity index is 1380. The van der Waals surface area contributed by atoms with Crippen molar-refractivity contribution < 1.29 is 19.4 Å². The Morgan fingerprint density at radius 1 is 0.789 bits per heavy atom. The summed E-state index contributed by atoms with van der Waals surface area (Å²) in [6, 6.07) is 32.6. The van der Waals surface area contributed by atoms with Gasteiger partial charge in [-0.3, -0.25) is 15.0 Å². The van der Waals surface area contributed by atoms with Crippen LogP contribution < -0.4 is 20.7 Å². The molecule has 0 radical (unpaired) electrons. The molecule has 4 aromatic rings. The van der Waals surface area contributed by atoms with Crippen LogP contribution in [0.3, 0.4) is 0 Å². The second-order valence-corrected chi connectivity index (χ2v) is 8.51. The molecule has 0 aromatic heterocycles. The summed E-state index contributed by atoms with van der Waals surface area (Å²) in [5.74, 6) is -0.648. The SMILES string of the molecule is N=C(NCc1ccccc1)Nc1cccc(C(=O)Nc2ccc(OC(CC(=O)O)c3ccccc3)cc2)c1. The molecule has 0 bridgehead atoms. The number of carbonyl (C=O) groups is 2. The highest BCUT2D eigenvalue weighted by molar-refractivity contribution is 6.05. The summed E-state index contributed by atoms with van der Waals surface area (Å²) in [4.78, 5) is 24.1. The van der Waals surface area contributed by atoms with E-state index >= 15 is 0 Å². The van der Waals surface area contributed by atoms with Crippen LogP contribution in [-0.4, -0.2) is 22.9 Å². The number of ether oxygens (including phenoxy) is 1. The van der Waals surface area contributed by atoms with Crippen molar-refractivity contribution in [1.82, 2.24) is 5.32 Å². The number of anilines is 2. The Morgan fingerprint density at radius 3 is 2.16 bits per heavy atom. The van der Waals surface area contributed by atoms with Crippen LogP contribution in [-0.2, 0) is 11.3 Å². The Balaban J connectivity index is 1.33. The first-order chi connectivity index (χ1) is 18.5. The number of guanidine groups is 1. The van der Waals surface area contributed by atoms with E-state index in [9.17, 15) is 14.7 Å². The fourth-order valence-corrected chi connectivity index (χ4v) is 3.75. The number of aliphatic carboxylic acids is 1. The van der Waals surface area contributed by atoms with Gasteiger partial charge in [0, 0.05) is 23.5 Å². The first-order valence-corrected chi connectivity index (χ1v) is 12.0. The lowest BCUT2D eigenvalue weighted by molar-refractivity contribution is -0.138. The van der Waals surface area contributed by atoms with E-state index in [1.807, 2.05) is 60.7 Å². The van der Waals surface area contributed by atoms with Crippen LogP contribution in [0.25, 0.3) is 0 Å². The maximum atomic E-state index is 12.8. The van der Waals surface area contributed by atoms with Gasteiger partial charge in [-0.1, -0.05) is 66.7 Å². The highest BCUT2D eigenvalue weighted by atomic mass is 16.5. The topological polar surface area (TPSA) is 124 Å². The van der Waals surface area contributed by atoms with Crippen molar-refractivity contribution in [3.05, 3.63) is 126 Å². The molecule has 4 aromatic carbocycles. The molecule has 0 spiro atoms. The van der Waals surface area contributed by atoms with Crippen molar-refractivity contribution in [2.24, 2.45) is 0 Å². The summed E-state index contributed by atoms with van der Waals surface area (Å²) < 4.78 is 5.93. The molecule has 0 saturated carbocycles. The minimum atomic E-state index is -0.957. The minimum Gasteiger partial charge on any atom is -0.485 e. The molecule has 0 aliphatic heterocycles. The molecule has 0 aliphatic rings. The normalized spacial score (nSPS) is 11.2. The van der Waals surface area contributed by atoms with Crippen LogP contribution in [0.4, 0.5) is 11.4 Å². The molecule has 1 amide bonds. The zero-order chi connectivity index (χ0) is 26.7. The van der Waals surface area contributed by atoms with Crippen LogP contribution in [0.2, 0.25) is 0 Å². The zero-order valence-corrected chi connectivity index (χ0v) is 20.6. The number of carboxylic acid groups (broad SMARTS) is 1. The number of hydrogen-bond acceptors (Lipinski definition) is 4. The van der Waals surface area contributed by atoms with E-state index in [0.717, 1.165) is 11.1 Å². The third kappa shape index (κ3) is 7.69. The third-order valence-electron chi connectivity index (χ3n) is 5.63. The maximum absolute atomic E-state index is 12.8. The van der Waals surface area contributed by atoms with Gasteiger partial charge >= 0.3 is 5.97 Å². The molecule has 0 saturated heterocycles. The Hall–Kier alpha value is -5.11. The molecule has 8 nitrogen and oxygen atoms in total. The van der Waals surface area contributed by atoms with Crippen molar-refractivity contribution in [3.63, 3.8) is 0 Å². The van der Waals surface area contributed by atoms with Gasteiger partial charge < -0.3 is 25.8 Å². The number of nitrogens with one attached hydrogen (secondary N) is 4. The fourth-order valence-electron chi connectivity index (χ4n) is 3.75. The number of carbonyl (C=O) groups excluding carboxylic acids is 1. The van der Waals surface area contributed by atoms with Crippen molar-refractivity contribution >= 4 is 29.2 Å². The summed E-state index contributed by atoms with van der Waals surface area (Å²) in [6.07, 6.45) is -0.808. The number of amides is 1. The molecule has 4 rings (SSSR count). The molecule has 0 heterocycles. The van der Waals surface area contributed by atoms with Gasteiger partial charge in [-0.2, -0.15) is 0 Å². The molecule has 192 valence electrons. The summed E-state index contributed by atoms with van der Waals surface area (Å²) in [5.41, 5.74) is 3.42. The van der Waals surface area contributed by atoms with Gasteiger partial charge in [-0.05, 0) is 53.6 Å². The third-order valence-corrected chi connectivity index (χ3v) is 5.63. The maximum Gasteiger partial charge on any atom is 0.307 e. The van der Waals surface area contributed by atoms with Crippen LogP contribution >= 0.6 is 0 Å². The number of hydrogen-bond donors (Lipinski definition) is 5. The van der Waals surface area contributed by atoms with Crippen LogP contribution in [0, 0.1) is 5.41 Å².